The average Bonchev–Trinajstić information content (AvgIpc) is 3.15. The van der Waals surface area contributed by atoms with Crippen LogP contribution in [0.1, 0.15) is 68.9 Å². The fourth-order valence-electron chi connectivity index (χ4n) is 8.50. The number of hydrogen-bond acceptors (Lipinski definition) is 2. The third kappa shape index (κ3) is 2.83. The fourth-order valence-corrected chi connectivity index (χ4v) is 8.50. The number of carbonyl (C=O) groups is 1. The van der Waals surface area contributed by atoms with Crippen LogP contribution >= 0.6 is 0 Å². The number of hydrogen-bond donors (Lipinski definition) is 1. The fraction of sp³-hybridized carbons (Fsp3) is 0.731. The van der Waals surface area contributed by atoms with Crippen LogP contribution in [0.2, 0.25) is 0 Å². The first-order valence-corrected chi connectivity index (χ1v) is 12.1. The summed E-state index contributed by atoms with van der Waals surface area (Å²) < 4.78 is 0. The standard InChI is InChI=1S/C26H36N2O/c1-19-2-4-22(5-3-19)25-13-20-12-21(14-25)16-26(15-20,17-25)23(29)28-10-7-24(8-11-28)6-9-27-18-24/h2-5,20-21,27H,6-18H2,1H3. The Morgan fingerprint density at radius 3 is 2.31 bits per heavy atom. The van der Waals surface area contributed by atoms with Gasteiger partial charge >= 0.3 is 0 Å². The van der Waals surface area contributed by atoms with Crippen molar-refractivity contribution in [3.05, 3.63) is 35.4 Å². The van der Waals surface area contributed by atoms with Gasteiger partial charge in [-0.1, -0.05) is 29.8 Å². The van der Waals surface area contributed by atoms with Gasteiger partial charge in [0.05, 0.1) is 5.41 Å². The minimum atomic E-state index is -0.0621. The maximum Gasteiger partial charge on any atom is 0.228 e. The molecule has 4 saturated carbocycles. The van der Waals surface area contributed by atoms with Gasteiger partial charge < -0.3 is 10.2 Å². The summed E-state index contributed by atoms with van der Waals surface area (Å²) >= 11 is 0. The van der Waals surface area contributed by atoms with E-state index in [1.807, 2.05) is 0 Å². The molecule has 1 amide bonds. The molecule has 7 rings (SSSR count). The van der Waals surface area contributed by atoms with E-state index in [-0.39, 0.29) is 10.8 Å². The number of likely N-dealkylation sites (tertiary alicyclic amines) is 1. The van der Waals surface area contributed by atoms with Gasteiger partial charge in [-0.25, -0.2) is 0 Å². The summed E-state index contributed by atoms with van der Waals surface area (Å²) in [5.74, 6) is 2.05. The molecule has 3 heteroatoms. The molecule has 1 N–H and O–H groups in total. The van der Waals surface area contributed by atoms with Crippen LogP contribution in [0.4, 0.5) is 0 Å². The van der Waals surface area contributed by atoms with Crippen molar-refractivity contribution < 1.29 is 4.79 Å². The van der Waals surface area contributed by atoms with Gasteiger partial charge in [-0.15, -0.1) is 0 Å². The largest absolute Gasteiger partial charge is 0.342 e. The summed E-state index contributed by atoms with van der Waals surface area (Å²) in [6, 6.07) is 9.31. The topological polar surface area (TPSA) is 32.3 Å². The maximum atomic E-state index is 14.0. The molecule has 2 heterocycles. The lowest BCUT2D eigenvalue weighted by molar-refractivity contribution is -0.162. The quantitative estimate of drug-likeness (QED) is 0.807. The second kappa shape index (κ2) is 6.33. The predicted molar refractivity (Wildman–Crippen MR) is 116 cm³/mol. The Labute approximate surface area is 175 Å². The minimum Gasteiger partial charge on any atom is -0.342 e. The molecule has 4 aliphatic carbocycles. The number of amides is 1. The number of rotatable bonds is 2. The van der Waals surface area contributed by atoms with Gasteiger partial charge in [-0.2, -0.15) is 0 Å². The molecule has 29 heavy (non-hydrogen) atoms. The summed E-state index contributed by atoms with van der Waals surface area (Å²) in [6.07, 6.45) is 11.2. The first-order chi connectivity index (χ1) is 14.0. The first kappa shape index (κ1) is 18.4. The number of aryl methyl sites for hydroxylation is 1. The van der Waals surface area contributed by atoms with Crippen LogP contribution in [-0.2, 0) is 10.2 Å². The van der Waals surface area contributed by atoms with E-state index in [1.54, 1.807) is 0 Å². The molecule has 4 bridgehead atoms. The SMILES string of the molecule is Cc1ccc(C23CC4CC(CC(C(=O)N5CCC6(CCNC6)CC5)(C4)C2)C3)cc1. The molecule has 0 radical (unpaired) electrons. The highest BCUT2D eigenvalue weighted by Gasteiger charge is 2.61. The van der Waals surface area contributed by atoms with Gasteiger partial charge in [0.1, 0.15) is 0 Å². The zero-order valence-electron chi connectivity index (χ0n) is 18.0. The van der Waals surface area contributed by atoms with E-state index in [1.165, 1.54) is 75.6 Å². The lowest BCUT2D eigenvalue weighted by Gasteiger charge is -2.62. The summed E-state index contributed by atoms with van der Waals surface area (Å²) in [7, 11) is 0. The predicted octanol–water partition coefficient (Wildman–Crippen LogP) is 4.44. The van der Waals surface area contributed by atoms with Crippen molar-refractivity contribution in [2.75, 3.05) is 26.2 Å². The van der Waals surface area contributed by atoms with E-state index >= 15 is 0 Å². The smallest absolute Gasteiger partial charge is 0.228 e. The van der Waals surface area contributed by atoms with Crippen LogP contribution < -0.4 is 5.32 Å². The van der Waals surface area contributed by atoms with E-state index in [9.17, 15) is 4.79 Å². The lowest BCUT2D eigenvalue weighted by Crippen LogP contribution is -2.60. The summed E-state index contributed by atoms with van der Waals surface area (Å²) in [4.78, 5) is 16.3. The molecule has 1 aromatic rings. The molecule has 2 aliphatic heterocycles. The summed E-state index contributed by atoms with van der Waals surface area (Å²) in [5, 5.41) is 3.56. The third-order valence-corrected chi connectivity index (χ3v) is 9.62. The van der Waals surface area contributed by atoms with Gasteiger partial charge in [0.2, 0.25) is 5.91 Å². The Balaban J connectivity index is 1.26. The number of nitrogens with zero attached hydrogens (tertiary/aromatic N) is 1. The van der Waals surface area contributed by atoms with E-state index in [0.717, 1.165) is 31.3 Å². The van der Waals surface area contributed by atoms with Crippen molar-refractivity contribution in [1.29, 1.82) is 0 Å². The minimum absolute atomic E-state index is 0.0621. The Morgan fingerprint density at radius 2 is 1.69 bits per heavy atom. The molecule has 2 atom stereocenters. The first-order valence-electron chi connectivity index (χ1n) is 12.1. The van der Waals surface area contributed by atoms with E-state index in [4.69, 9.17) is 0 Å². The molecule has 6 fully saturated rings. The van der Waals surface area contributed by atoms with Crippen LogP contribution in [0.15, 0.2) is 24.3 Å². The molecular formula is C26H36N2O. The number of benzene rings is 1. The van der Waals surface area contributed by atoms with Crippen LogP contribution in [0.3, 0.4) is 0 Å². The van der Waals surface area contributed by atoms with Gasteiger partial charge in [0.25, 0.3) is 0 Å². The molecule has 3 nitrogen and oxygen atoms in total. The number of piperidine rings is 1. The van der Waals surface area contributed by atoms with Crippen molar-refractivity contribution in [2.24, 2.45) is 22.7 Å². The van der Waals surface area contributed by atoms with Crippen LogP contribution in [0.5, 0.6) is 0 Å². The third-order valence-electron chi connectivity index (χ3n) is 9.62. The molecule has 2 unspecified atom stereocenters. The number of carbonyl (C=O) groups excluding carboxylic acids is 1. The van der Waals surface area contributed by atoms with Crippen molar-refractivity contribution in [2.45, 2.75) is 70.1 Å². The molecule has 1 spiro atoms. The average molecular weight is 393 g/mol. The Morgan fingerprint density at radius 1 is 1.00 bits per heavy atom. The van der Waals surface area contributed by atoms with Crippen molar-refractivity contribution in [3.8, 4) is 0 Å². The van der Waals surface area contributed by atoms with Crippen molar-refractivity contribution >= 4 is 5.91 Å². The maximum absolute atomic E-state index is 14.0. The van der Waals surface area contributed by atoms with Gasteiger partial charge in [0.15, 0.2) is 0 Å². The van der Waals surface area contributed by atoms with Gasteiger partial charge in [-0.05, 0) is 99.5 Å². The Hall–Kier alpha value is -1.35. The second-order valence-electron chi connectivity index (χ2n) is 11.6. The highest BCUT2D eigenvalue weighted by molar-refractivity contribution is 5.84. The van der Waals surface area contributed by atoms with Crippen LogP contribution in [0.25, 0.3) is 0 Å². The zero-order chi connectivity index (χ0) is 19.7. The van der Waals surface area contributed by atoms with Gasteiger partial charge in [-0.3, -0.25) is 4.79 Å². The normalized spacial score (nSPS) is 40.0. The molecule has 0 aromatic heterocycles. The molecular weight excluding hydrogens is 356 g/mol. The molecule has 156 valence electrons. The lowest BCUT2D eigenvalue weighted by atomic mass is 9.42. The van der Waals surface area contributed by atoms with E-state index in [0.29, 0.717) is 11.3 Å². The highest BCUT2D eigenvalue weighted by atomic mass is 16.2. The molecule has 6 aliphatic rings. The van der Waals surface area contributed by atoms with Crippen LogP contribution in [0, 0.1) is 29.6 Å². The summed E-state index contributed by atoms with van der Waals surface area (Å²) in [6.45, 7) is 6.50. The zero-order valence-corrected chi connectivity index (χ0v) is 18.0. The van der Waals surface area contributed by atoms with Crippen molar-refractivity contribution in [3.63, 3.8) is 0 Å². The second-order valence-corrected chi connectivity index (χ2v) is 11.6. The number of nitrogens with one attached hydrogen (secondary N) is 1. The van der Waals surface area contributed by atoms with E-state index in [2.05, 4.69) is 41.4 Å². The Kier molecular flexibility index (Phi) is 4.02. The summed E-state index contributed by atoms with van der Waals surface area (Å²) in [5.41, 5.74) is 3.55. The van der Waals surface area contributed by atoms with Crippen molar-refractivity contribution in [1.82, 2.24) is 10.2 Å². The van der Waals surface area contributed by atoms with E-state index < -0.39 is 0 Å². The Bertz CT molecular complexity index is 783. The van der Waals surface area contributed by atoms with Gasteiger partial charge in [0, 0.05) is 19.6 Å². The molecule has 2 saturated heterocycles. The van der Waals surface area contributed by atoms with Crippen LogP contribution in [-0.4, -0.2) is 37.0 Å². The highest BCUT2D eigenvalue weighted by Crippen LogP contribution is 2.66. The molecule has 1 aromatic carbocycles. The monoisotopic (exact) mass is 392 g/mol.